The van der Waals surface area contributed by atoms with Gasteiger partial charge >= 0.3 is 0 Å². The zero-order chi connectivity index (χ0) is 13.1. The summed E-state index contributed by atoms with van der Waals surface area (Å²) in [6.07, 6.45) is 2.93. The molecule has 4 nitrogen and oxygen atoms in total. The third-order valence-corrected chi connectivity index (χ3v) is 3.82. The first-order chi connectivity index (χ1) is 7.98. The Morgan fingerprint density at radius 3 is 2.35 bits per heavy atom. The molecule has 4 heteroatoms. The molecule has 0 saturated carbocycles. The van der Waals surface area contributed by atoms with Crippen molar-refractivity contribution in [1.29, 1.82) is 0 Å². The highest BCUT2D eigenvalue weighted by Gasteiger charge is 2.40. The molecule has 1 aliphatic heterocycles. The van der Waals surface area contributed by atoms with Gasteiger partial charge in [-0.15, -0.1) is 0 Å². The van der Waals surface area contributed by atoms with Gasteiger partial charge in [0.15, 0.2) is 0 Å². The Morgan fingerprint density at radius 2 is 1.88 bits per heavy atom. The van der Waals surface area contributed by atoms with Gasteiger partial charge in [0.2, 0.25) is 11.8 Å². The monoisotopic (exact) mass is 240 g/mol. The molecular formula is C13H24N2O2. The highest BCUT2D eigenvalue weighted by Crippen LogP contribution is 2.21. The zero-order valence-corrected chi connectivity index (χ0v) is 11.4. The smallest absolute Gasteiger partial charge is 0.248 e. The molecule has 0 spiro atoms. The predicted molar refractivity (Wildman–Crippen MR) is 67.5 cm³/mol. The average Bonchev–Trinajstić information content (AvgIpc) is 2.42. The molecule has 0 aromatic carbocycles. The van der Waals surface area contributed by atoms with Crippen LogP contribution in [0.1, 0.15) is 53.4 Å². The number of carbonyl (C=O) groups excluding carboxylic acids is 2. The van der Waals surface area contributed by atoms with E-state index in [9.17, 15) is 9.59 Å². The van der Waals surface area contributed by atoms with Gasteiger partial charge in [-0.25, -0.2) is 0 Å². The molecule has 1 rings (SSSR count). The van der Waals surface area contributed by atoms with E-state index in [1.165, 1.54) is 0 Å². The molecule has 0 aromatic rings. The third kappa shape index (κ3) is 2.79. The summed E-state index contributed by atoms with van der Waals surface area (Å²) in [4.78, 5) is 26.1. The molecule has 0 bridgehead atoms. The molecule has 17 heavy (non-hydrogen) atoms. The molecule has 1 saturated heterocycles. The molecular weight excluding hydrogens is 216 g/mol. The summed E-state index contributed by atoms with van der Waals surface area (Å²) in [5.41, 5.74) is -0.726. The number of nitrogens with zero attached hydrogens (tertiary/aromatic N) is 1. The van der Waals surface area contributed by atoms with E-state index in [4.69, 9.17) is 0 Å². The van der Waals surface area contributed by atoms with E-state index in [2.05, 4.69) is 19.2 Å². The van der Waals surface area contributed by atoms with Crippen LogP contribution in [-0.4, -0.2) is 34.8 Å². The van der Waals surface area contributed by atoms with Crippen molar-refractivity contribution in [2.45, 2.75) is 65.0 Å². The van der Waals surface area contributed by atoms with Crippen LogP contribution in [0.4, 0.5) is 0 Å². The lowest BCUT2D eigenvalue weighted by Gasteiger charge is -2.35. The van der Waals surface area contributed by atoms with Gasteiger partial charge in [-0.05, 0) is 26.2 Å². The Morgan fingerprint density at radius 1 is 1.29 bits per heavy atom. The van der Waals surface area contributed by atoms with Crippen molar-refractivity contribution in [1.82, 2.24) is 10.2 Å². The Hall–Kier alpha value is -1.06. The highest BCUT2D eigenvalue weighted by molar-refractivity contribution is 5.93. The number of rotatable bonds is 4. The highest BCUT2D eigenvalue weighted by atomic mass is 16.2. The van der Waals surface area contributed by atoms with Crippen LogP contribution in [-0.2, 0) is 9.59 Å². The Bertz CT molecular complexity index is 300. The van der Waals surface area contributed by atoms with Gasteiger partial charge in [0.25, 0.3) is 0 Å². The Kier molecular flexibility index (Phi) is 4.54. The second-order valence-electron chi connectivity index (χ2n) is 4.95. The number of hydrogen-bond acceptors (Lipinski definition) is 2. The molecule has 1 fully saturated rings. The van der Waals surface area contributed by atoms with E-state index in [0.29, 0.717) is 19.4 Å². The minimum Gasteiger partial charge on any atom is -0.342 e. The molecule has 0 aromatic heterocycles. The van der Waals surface area contributed by atoms with Crippen molar-refractivity contribution in [3.63, 3.8) is 0 Å². The molecule has 2 amide bonds. The normalized spacial score (nSPS) is 26.1. The van der Waals surface area contributed by atoms with Crippen molar-refractivity contribution < 1.29 is 9.59 Å². The first kappa shape index (κ1) is 14.0. The summed E-state index contributed by atoms with van der Waals surface area (Å²) in [5, 5.41) is 2.86. The largest absolute Gasteiger partial charge is 0.342 e. The first-order valence-electron chi connectivity index (χ1n) is 6.60. The maximum absolute atomic E-state index is 12.5. The molecule has 1 aliphatic rings. The maximum atomic E-state index is 12.5. The first-order valence-corrected chi connectivity index (χ1v) is 6.60. The van der Waals surface area contributed by atoms with E-state index in [-0.39, 0.29) is 17.9 Å². The van der Waals surface area contributed by atoms with Crippen LogP contribution in [0.5, 0.6) is 0 Å². The van der Waals surface area contributed by atoms with Gasteiger partial charge in [0.05, 0.1) is 0 Å². The molecule has 1 heterocycles. The van der Waals surface area contributed by atoms with Gasteiger partial charge < -0.3 is 10.2 Å². The van der Waals surface area contributed by atoms with Crippen molar-refractivity contribution in [3.05, 3.63) is 0 Å². The van der Waals surface area contributed by atoms with Crippen LogP contribution in [0, 0.1) is 0 Å². The molecule has 98 valence electrons. The number of hydrogen-bond donors (Lipinski definition) is 1. The predicted octanol–water partition coefficient (Wildman–Crippen LogP) is 1.69. The fraction of sp³-hybridized carbons (Fsp3) is 0.846. The van der Waals surface area contributed by atoms with E-state index < -0.39 is 5.54 Å². The molecule has 1 atom stereocenters. The lowest BCUT2D eigenvalue weighted by Crippen LogP contribution is -2.56. The van der Waals surface area contributed by atoms with Crippen LogP contribution in [0.3, 0.4) is 0 Å². The summed E-state index contributed by atoms with van der Waals surface area (Å²) < 4.78 is 0. The van der Waals surface area contributed by atoms with Crippen LogP contribution in [0.2, 0.25) is 0 Å². The number of nitrogens with one attached hydrogen (secondary N) is 1. The maximum Gasteiger partial charge on any atom is 0.248 e. The van der Waals surface area contributed by atoms with Crippen molar-refractivity contribution in [2.24, 2.45) is 0 Å². The fourth-order valence-corrected chi connectivity index (χ4v) is 2.38. The Labute approximate surface area is 104 Å². The van der Waals surface area contributed by atoms with E-state index in [1.807, 2.05) is 18.7 Å². The topological polar surface area (TPSA) is 49.4 Å². The third-order valence-electron chi connectivity index (χ3n) is 3.82. The van der Waals surface area contributed by atoms with E-state index in [1.54, 1.807) is 0 Å². The van der Waals surface area contributed by atoms with Crippen LogP contribution in [0.15, 0.2) is 0 Å². The zero-order valence-electron chi connectivity index (χ0n) is 11.4. The Balaban J connectivity index is 2.98. The lowest BCUT2D eigenvalue weighted by molar-refractivity contribution is -0.140. The van der Waals surface area contributed by atoms with Gasteiger partial charge in [-0.2, -0.15) is 0 Å². The standard InChI is InChI=1S/C13H24N2O2/c1-5-10(6-2)15-9-8-11(16)14-13(4,7-3)12(15)17/h10H,5-9H2,1-4H3,(H,14,16). The van der Waals surface area contributed by atoms with Gasteiger partial charge in [-0.3, -0.25) is 9.59 Å². The summed E-state index contributed by atoms with van der Waals surface area (Å²) in [6.45, 7) is 8.49. The second kappa shape index (κ2) is 5.52. The molecule has 1 unspecified atom stereocenters. The van der Waals surface area contributed by atoms with Crippen molar-refractivity contribution in [2.75, 3.05) is 6.54 Å². The van der Waals surface area contributed by atoms with E-state index >= 15 is 0 Å². The molecule has 0 radical (unpaired) electrons. The summed E-state index contributed by atoms with van der Waals surface area (Å²) in [5.74, 6) is 0.0516. The van der Waals surface area contributed by atoms with Crippen LogP contribution in [0.25, 0.3) is 0 Å². The number of carbonyl (C=O) groups is 2. The van der Waals surface area contributed by atoms with Gasteiger partial charge in [-0.1, -0.05) is 20.8 Å². The van der Waals surface area contributed by atoms with Crippen molar-refractivity contribution >= 4 is 11.8 Å². The summed E-state index contributed by atoms with van der Waals surface area (Å²) in [6, 6.07) is 0.251. The minimum absolute atomic E-state index is 0.0174. The van der Waals surface area contributed by atoms with E-state index in [0.717, 1.165) is 12.8 Å². The van der Waals surface area contributed by atoms with Gasteiger partial charge in [0, 0.05) is 19.0 Å². The van der Waals surface area contributed by atoms with Crippen LogP contribution >= 0.6 is 0 Å². The second-order valence-corrected chi connectivity index (χ2v) is 4.95. The molecule has 0 aliphatic carbocycles. The van der Waals surface area contributed by atoms with Crippen LogP contribution < -0.4 is 5.32 Å². The fourth-order valence-electron chi connectivity index (χ4n) is 2.38. The quantitative estimate of drug-likeness (QED) is 0.813. The minimum atomic E-state index is -0.726. The SMILES string of the molecule is CCC(CC)N1CCC(=O)NC(C)(CC)C1=O. The summed E-state index contributed by atoms with van der Waals surface area (Å²) >= 11 is 0. The van der Waals surface area contributed by atoms with Crippen molar-refractivity contribution in [3.8, 4) is 0 Å². The summed E-state index contributed by atoms with van der Waals surface area (Å²) in [7, 11) is 0. The average molecular weight is 240 g/mol. The van der Waals surface area contributed by atoms with Gasteiger partial charge in [0.1, 0.15) is 5.54 Å². The molecule has 1 N–H and O–H groups in total. The number of amides is 2. The lowest BCUT2D eigenvalue weighted by atomic mass is 9.96.